The van der Waals surface area contributed by atoms with E-state index in [0.29, 0.717) is 5.56 Å². The predicted molar refractivity (Wildman–Crippen MR) is 80.6 cm³/mol. The fourth-order valence-corrected chi connectivity index (χ4v) is 2.33. The summed E-state index contributed by atoms with van der Waals surface area (Å²) in [5.41, 5.74) is 6.95. The molecule has 0 unspecified atom stereocenters. The van der Waals surface area contributed by atoms with E-state index in [1.54, 1.807) is 12.1 Å². The van der Waals surface area contributed by atoms with Crippen molar-refractivity contribution in [1.29, 1.82) is 0 Å². The average molecular weight is 276 g/mol. The van der Waals surface area contributed by atoms with Gasteiger partial charge in [0.25, 0.3) is 0 Å². The van der Waals surface area contributed by atoms with Gasteiger partial charge < -0.3 is 16.0 Å². The number of carbonyl (C=O) groups is 1. The molecule has 0 saturated carbocycles. The summed E-state index contributed by atoms with van der Waals surface area (Å²) in [6, 6.07) is 7.45. The Morgan fingerprint density at radius 1 is 1.20 bits per heavy atom. The van der Waals surface area contributed by atoms with Crippen molar-refractivity contribution in [2.24, 2.45) is 5.73 Å². The molecule has 1 aromatic rings. The van der Waals surface area contributed by atoms with Crippen LogP contribution in [0.2, 0.25) is 0 Å². The molecule has 1 amide bonds. The summed E-state index contributed by atoms with van der Waals surface area (Å²) in [5.74, 6) is -0.375. The van der Waals surface area contributed by atoms with Crippen LogP contribution in [0.3, 0.4) is 0 Å². The quantitative estimate of drug-likeness (QED) is 0.725. The van der Waals surface area contributed by atoms with Crippen LogP contribution in [0.4, 0.5) is 0 Å². The first-order valence-corrected chi connectivity index (χ1v) is 7.15. The van der Waals surface area contributed by atoms with Crippen LogP contribution >= 0.6 is 0 Å². The van der Waals surface area contributed by atoms with E-state index in [9.17, 15) is 4.79 Å². The van der Waals surface area contributed by atoms with Gasteiger partial charge in [0.1, 0.15) is 0 Å². The molecule has 0 radical (unpaired) electrons. The lowest BCUT2D eigenvalue weighted by molar-refractivity contribution is 0.100. The number of piperazine rings is 1. The molecule has 1 fully saturated rings. The van der Waals surface area contributed by atoms with Gasteiger partial charge in [-0.2, -0.15) is 0 Å². The lowest BCUT2D eigenvalue weighted by Crippen LogP contribution is -2.46. The molecule has 1 aliphatic heterocycles. The maximum atomic E-state index is 11.0. The zero-order chi connectivity index (χ0) is 14.4. The van der Waals surface area contributed by atoms with Crippen LogP contribution in [0.1, 0.15) is 15.9 Å². The maximum absolute atomic E-state index is 11.0. The molecule has 0 aromatic heterocycles. The second-order valence-corrected chi connectivity index (χ2v) is 5.38. The number of nitrogens with one attached hydrogen (secondary N) is 1. The summed E-state index contributed by atoms with van der Waals surface area (Å²) in [4.78, 5) is 15.8. The summed E-state index contributed by atoms with van der Waals surface area (Å²) in [5, 5.41) is 3.44. The van der Waals surface area contributed by atoms with Gasteiger partial charge in [0.2, 0.25) is 5.91 Å². The highest BCUT2D eigenvalue weighted by Crippen LogP contribution is 2.03. The van der Waals surface area contributed by atoms with E-state index >= 15 is 0 Å². The molecule has 20 heavy (non-hydrogen) atoms. The third-order valence-electron chi connectivity index (χ3n) is 3.77. The molecule has 0 bridgehead atoms. The van der Waals surface area contributed by atoms with Crippen molar-refractivity contribution in [1.82, 2.24) is 15.1 Å². The van der Waals surface area contributed by atoms with Crippen molar-refractivity contribution in [3.05, 3.63) is 35.4 Å². The van der Waals surface area contributed by atoms with Gasteiger partial charge in [-0.05, 0) is 24.7 Å². The van der Waals surface area contributed by atoms with Gasteiger partial charge in [0, 0.05) is 51.4 Å². The van der Waals surface area contributed by atoms with Crippen LogP contribution in [0.25, 0.3) is 0 Å². The number of primary amides is 1. The van der Waals surface area contributed by atoms with E-state index in [2.05, 4.69) is 22.2 Å². The molecule has 110 valence electrons. The molecule has 1 saturated heterocycles. The number of likely N-dealkylation sites (N-methyl/N-ethyl adjacent to an activating group) is 1. The number of carbonyl (C=O) groups excluding carboxylic acids is 1. The van der Waals surface area contributed by atoms with Crippen molar-refractivity contribution in [3.63, 3.8) is 0 Å². The molecule has 0 spiro atoms. The van der Waals surface area contributed by atoms with Gasteiger partial charge in [-0.1, -0.05) is 12.1 Å². The minimum Gasteiger partial charge on any atom is -0.366 e. The molecule has 5 nitrogen and oxygen atoms in total. The highest BCUT2D eigenvalue weighted by atomic mass is 16.1. The van der Waals surface area contributed by atoms with Crippen LogP contribution in [0.5, 0.6) is 0 Å². The smallest absolute Gasteiger partial charge is 0.248 e. The first kappa shape index (κ1) is 15.0. The van der Waals surface area contributed by atoms with E-state index in [-0.39, 0.29) is 5.91 Å². The summed E-state index contributed by atoms with van der Waals surface area (Å²) in [6.07, 6.45) is 0. The molecule has 5 heteroatoms. The Labute approximate surface area is 120 Å². The van der Waals surface area contributed by atoms with Gasteiger partial charge in [0.05, 0.1) is 0 Å². The topological polar surface area (TPSA) is 61.6 Å². The summed E-state index contributed by atoms with van der Waals surface area (Å²) < 4.78 is 0. The Hall–Kier alpha value is -1.43. The Balaban J connectivity index is 1.64. The zero-order valence-electron chi connectivity index (χ0n) is 12.1. The molecule has 2 rings (SSSR count). The van der Waals surface area contributed by atoms with Crippen LogP contribution < -0.4 is 11.1 Å². The van der Waals surface area contributed by atoms with Crippen molar-refractivity contribution in [3.8, 4) is 0 Å². The highest BCUT2D eigenvalue weighted by molar-refractivity contribution is 5.92. The standard InChI is InChI=1S/C15H24N4O/c1-18-8-10-19(11-9-18)7-6-17-12-13-2-4-14(5-3-13)15(16)20/h2-5,17H,6-12H2,1H3,(H2,16,20). The van der Waals surface area contributed by atoms with E-state index < -0.39 is 0 Å². The fraction of sp³-hybridized carbons (Fsp3) is 0.533. The minimum absolute atomic E-state index is 0.375. The summed E-state index contributed by atoms with van der Waals surface area (Å²) in [6.45, 7) is 7.54. The average Bonchev–Trinajstić information content (AvgIpc) is 2.46. The molecule has 0 aliphatic carbocycles. The van der Waals surface area contributed by atoms with E-state index in [1.165, 1.54) is 5.56 Å². The first-order chi connectivity index (χ1) is 9.65. The number of amides is 1. The van der Waals surface area contributed by atoms with Gasteiger partial charge in [0.15, 0.2) is 0 Å². The van der Waals surface area contributed by atoms with Gasteiger partial charge >= 0.3 is 0 Å². The normalized spacial score (nSPS) is 17.2. The number of nitrogens with two attached hydrogens (primary N) is 1. The number of hydrogen-bond acceptors (Lipinski definition) is 4. The number of benzene rings is 1. The van der Waals surface area contributed by atoms with Crippen LogP contribution in [0.15, 0.2) is 24.3 Å². The molecule has 0 atom stereocenters. The Morgan fingerprint density at radius 3 is 2.45 bits per heavy atom. The number of nitrogens with zero attached hydrogens (tertiary/aromatic N) is 2. The first-order valence-electron chi connectivity index (χ1n) is 7.15. The fourth-order valence-electron chi connectivity index (χ4n) is 2.33. The maximum Gasteiger partial charge on any atom is 0.248 e. The zero-order valence-corrected chi connectivity index (χ0v) is 12.1. The lowest BCUT2D eigenvalue weighted by atomic mass is 10.1. The second-order valence-electron chi connectivity index (χ2n) is 5.38. The van der Waals surface area contributed by atoms with Gasteiger partial charge in [-0.3, -0.25) is 9.69 Å². The van der Waals surface area contributed by atoms with Gasteiger partial charge in [-0.25, -0.2) is 0 Å². The van der Waals surface area contributed by atoms with Crippen molar-refractivity contribution in [2.45, 2.75) is 6.54 Å². The largest absolute Gasteiger partial charge is 0.366 e. The molecular weight excluding hydrogens is 252 g/mol. The SMILES string of the molecule is CN1CCN(CCNCc2ccc(C(N)=O)cc2)CC1. The Bertz CT molecular complexity index is 424. The monoisotopic (exact) mass is 276 g/mol. The Morgan fingerprint density at radius 2 is 1.85 bits per heavy atom. The summed E-state index contributed by atoms with van der Waals surface area (Å²) >= 11 is 0. The molecule has 1 aliphatic rings. The molecule has 1 aromatic carbocycles. The molecule has 1 heterocycles. The van der Waals surface area contributed by atoms with E-state index in [0.717, 1.165) is 45.8 Å². The molecular formula is C15H24N4O. The summed E-state index contributed by atoms with van der Waals surface area (Å²) in [7, 11) is 2.17. The molecule has 3 N–H and O–H groups in total. The minimum atomic E-state index is -0.375. The van der Waals surface area contributed by atoms with Crippen molar-refractivity contribution in [2.75, 3.05) is 46.3 Å². The second kappa shape index (κ2) is 7.38. The van der Waals surface area contributed by atoms with Crippen LogP contribution in [-0.4, -0.2) is 62.0 Å². The third kappa shape index (κ3) is 4.59. The highest BCUT2D eigenvalue weighted by Gasteiger charge is 2.12. The Kier molecular flexibility index (Phi) is 5.52. The predicted octanol–water partition coefficient (Wildman–Crippen LogP) is 0.123. The lowest BCUT2D eigenvalue weighted by Gasteiger charge is -2.32. The van der Waals surface area contributed by atoms with E-state index in [1.807, 2.05) is 12.1 Å². The van der Waals surface area contributed by atoms with Crippen molar-refractivity contribution >= 4 is 5.91 Å². The van der Waals surface area contributed by atoms with Crippen LogP contribution in [0, 0.1) is 0 Å². The van der Waals surface area contributed by atoms with Crippen LogP contribution in [-0.2, 0) is 6.54 Å². The van der Waals surface area contributed by atoms with E-state index in [4.69, 9.17) is 5.73 Å². The number of hydrogen-bond donors (Lipinski definition) is 2. The third-order valence-corrected chi connectivity index (χ3v) is 3.77. The van der Waals surface area contributed by atoms with Gasteiger partial charge in [-0.15, -0.1) is 0 Å². The van der Waals surface area contributed by atoms with Crippen molar-refractivity contribution < 1.29 is 4.79 Å². The number of rotatable bonds is 6.